The van der Waals surface area contributed by atoms with Gasteiger partial charge in [-0.1, -0.05) is 47.1 Å². The molecule has 9 heteroatoms. The molecule has 0 saturated heterocycles. The average molecular weight is 467 g/mol. The number of nitrogens with one attached hydrogen (secondary N) is 1. The molecule has 0 saturated carbocycles. The van der Waals surface area contributed by atoms with Crippen molar-refractivity contribution in [2.45, 2.75) is 12.7 Å². The molecule has 5 rings (SSSR count). The van der Waals surface area contributed by atoms with Gasteiger partial charge in [0.1, 0.15) is 23.1 Å². The van der Waals surface area contributed by atoms with E-state index in [1.54, 1.807) is 10.9 Å². The van der Waals surface area contributed by atoms with E-state index in [2.05, 4.69) is 15.1 Å². The fourth-order valence-corrected chi connectivity index (χ4v) is 3.65. The topological polar surface area (TPSA) is 45.5 Å². The molecule has 3 aromatic carbocycles. The molecule has 0 spiro atoms. The molecule has 0 radical (unpaired) electrons. The van der Waals surface area contributed by atoms with Crippen LogP contribution in [0.2, 0.25) is 0 Å². The van der Waals surface area contributed by atoms with Gasteiger partial charge in [-0.2, -0.15) is 13.2 Å². The number of aromatic amines is 1. The van der Waals surface area contributed by atoms with Crippen LogP contribution in [0.15, 0.2) is 79.1 Å². The second kappa shape index (κ2) is 8.33. The molecule has 2 heterocycles. The normalized spacial score (nSPS) is 11.8. The summed E-state index contributed by atoms with van der Waals surface area (Å²) in [6.07, 6.45) is -1.12. The Kier molecular flexibility index (Phi) is 5.31. The smallest absolute Gasteiger partial charge is 0.333 e. The van der Waals surface area contributed by atoms with Crippen LogP contribution in [0.5, 0.6) is 0 Å². The molecular weight excluding hydrogens is 451 g/mol. The third-order valence-corrected chi connectivity index (χ3v) is 5.42. The lowest BCUT2D eigenvalue weighted by Gasteiger charge is -2.08. The van der Waals surface area contributed by atoms with E-state index in [0.717, 1.165) is 29.3 Å². The van der Waals surface area contributed by atoms with Crippen LogP contribution >= 0.6 is 0 Å². The first kappa shape index (κ1) is 21.7. The van der Waals surface area contributed by atoms with Crippen LogP contribution in [0.1, 0.15) is 11.1 Å². The van der Waals surface area contributed by atoms with Crippen LogP contribution < -0.4 is 4.68 Å². The van der Waals surface area contributed by atoms with Gasteiger partial charge in [0.15, 0.2) is 18.2 Å². The van der Waals surface area contributed by atoms with E-state index < -0.39 is 23.4 Å². The van der Waals surface area contributed by atoms with Gasteiger partial charge in [-0.3, -0.25) is 0 Å². The number of hydrogen-bond acceptors (Lipinski definition) is 2. The third kappa shape index (κ3) is 4.24. The minimum Gasteiger partial charge on any atom is -0.333 e. The Balaban J connectivity index is 1.35. The predicted octanol–water partition coefficient (Wildman–Crippen LogP) is 5.92. The van der Waals surface area contributed by atoms with E-state index in [1.807, 2.05) is 24.3 Å². The highest BCUT2D eigenvalue weighted by molar-refractivity contribution is 5.77. The summed E-state index contributed by atoms with van der Waals surface area (Å²) in [6.45, 7) is 0.423. The lowest BCUT2D eigenvalue weighted by molar-refractivity contribution is -0.745. The lowest BCUT2D eigenvalue weighted by Crippen LogP contribution is -2.37. The number of H-pyrrole nitrogens is 1. The summed E-state index contributed by atoms with van der Waals surface area (Å²) < 4.78 is 67.6. The summed E-state index contributed by atoms with van der Waals surface area (Å²) in [4.78, 5) is 7.28. The minimum atomic E-state index is -4.37. The molecule has 0 aliphatic heterocycles. The molecule has 0 atom stereocenters. The van der Waals surface area contributed by atoms with Crippen LogP contribution in [0.25, 0.3) is 33.5 Å². The predicted molar refractivity (Wildman–Crippen MR) is 115 cm³/mol. The SMILES string of the molecule is Fc1cccc(-c2nc3cn[n+](Cc4ccc(-c5ccc(C(F)(F)F)cc5)cc4)cc3[nH]2)c1F. The average Bonchev–Trinajstić information content (AvgIpc) is 3.24. The van der Waals surface area contributed by atoms with Crippen LogP contribution in [0.3, 0.4) is 0 Å². The van der Waals surface area contributed by atoms with Crippen molar-refractivity contribution in [3.05, 3.63) is 102 Å². The van der Waals surface area contributed by atoms with E-state index in [1.165, 1.54) is 30.5 Å². The standard InChI is InChI=1S/C25H15F5N4/c26-20-3-1-2-19(23(20)27)24-32-21-12-31-34(14-22(21)33-24)13-15-4-6-16(7-5-15)17-8-10-18(11-9-17)25(28,29)30/h1-12,14H,13H2/p+1. The summed E-state index contributed by atoms with van der Waals surface area (Å²) in [7, 11) is 0. The zero-order chi connectivity index (χ0) is 23.9. The van der Waals surface area contributed by atoms with Gasteiger partial charge in [-0.05, 0) is 40.5 Å². The minimum absolute atomic E-state index is 0.0293. The van der Waals surface area contributed by atoms with Crippen LogP contribution in [-0.4, -0.2) is 15.1 Å². The highest BCUT2D eigenvalue weighted by Crippen LogP contribution is 2.31. The summed E-state index contributed by atoms with van der Waals surface area (Å²) in [5, 5.41) is 4.32. The van der Waals surface area contributed by atoms with Gasteiger partial charge in [0.25, 0.3) is 0 Å². The van der Waals surface area contributed by atoms with Crippen molar-refractivity contribution in [2.75, 3.05) is 0 Å². The molecule has 2 aromatic heterocycles. The Bertz CT molecular complexity index is 1470. The zero-order valence-electron chi connectivity index (χ0n) is 17.4. The van der Waals surface area contributed by atoms with E-state index >= 15 is 0 Å². The van der Waals surface area contributed by atoms with Crippen molar-refractivity contribution in [2.24, 2.45) is 0 Å². The second-order valence-corrected chi connectivity index (χ2v) is 7.73. The number of halogens is 5. The van der Waals surface area contributed by atoms with Crippen molar-refractivity contribution >= 4 is 11.0 Å². The monoisotopic (exact) mass is 467 g/mol. The van der Waals surface area contributed by atoms with Crippen LogP contribution in [0, 0.1) is 11.6 Å². The van der Waals surface area contributed by atoms with E-state index in [0.29, 0.717) is 23.1 Å². The summed E-state index contributed by atoms with van der Waals surface area (Å²) >= 11 is 0. The van der Waals surface area contributed by atoms with E-state index in [4.69, 9.17) is 0 Å². The van der Waals surface area contributed by atoms with Gasteiger partial charge in [0.2, 0.25) is 6.20 Å². The molecule has 0 aliphatic carbocycles. The van der Waals surface area contributed by atoms with Gasteiger partial charge < -0.3 is 4.98 Å². The maximum absolute atomic E-state index is 14.1. The number of rotatable bonds is 4. The maximum atomic E-state index is 14.1. The lowest BCUT2D eigenvalue weighted by atomic mass is 10.0. The Morgan fingerprint density at radius 3 is 2.21 bits per heavy atom. The molecular formula is C25H16F5N4+. The first-order valence-corrected chi connectivity index (χ1v) is 10.2. The number of nitrogens with zero attached hydrogens (tertiary/aromatic N) is 3. The largest absolute Gasteiger partial charge is 0.416 e. The molecule has 0 fully saturated rings. The Hall–Kier alpha value is -4.14. The quantitative estimate of drug-likeness (QED) is 0.263. The maximum Gasteiger partial charge on any atom is 0.416 e. The first-order chi connectivity index (χ1) is 16.3. The van der Waals surface area contributed by atoms with Gasteiger partial charge >= 0.3 is 6.18 Å². The molecule has 0 unspecified atom stereocenters. The Morgan fingerprint density at radius 1 is 0.853 bits per heavy atom. The van der Waals surface area contributed by atoms with Crippen LogP contribution in [0.4, 0.5) is 22.0 Å². The fraction of sp³-hybridized carbons (Fsp3) is 0.0800. The van der Waals surface area contributed by atoms with Crippen molar-refractivity contribution in [3.8, 4) is 22.5 Å². The Labute approximate surface area is 190 Å². The van der Waals surface area contributed by atoms with Crippen molar-refractivity contribution in [1.82, 2.24) is 15.1 Å². The summed E-state index contributed by atoms with van der Waals surface area (Å²) in [6, 6.07) is 16.3. The number of alkyl halides is 3. The van der Waals surface area contributed by atoms with Crippen molar-refractivity contribution < 1.29 is 26.6 Å². The van der Waals surface area contributed by atoms with Gasteiger partial charge in [-0.15, -0.1) is 0 Å². The first-order valence-electron chi connectivity index (χ1n) is 10.2. The summed E-state index contributed by atoms with van der Waals surface area (Å²) in [5.74, 6) is -1.73. The van der Waals surface area contributed by atoms with Gasteiger partial charge in [0.05, 0.1) is 11.1 Å². The highest BCUT2D eigenvalue weighted by Gasteiger charge is 2.30. The number of imidazole rings is 1. The Morgan fingerprint density at radius 2 is 1.53 bits per heavy atom. The van der Waals surface area contributed by atoms with Crippen LogP contribution in [-0.2, 0) is 12.7 Å². The van der Waals surface area contributed by atoms with E-state index in [-0.39, 0.29) is 11.4 Å². The van der Waals surface area contributed by atoms with Crippen molar-refractivity contribution in [1.29, 1.82) is 0 Å². The summed E-state index contributed by atoms with van der Waals surface area (Å²) in [5.41, 5.74) is 2.85. The second-order valence-electron chi connectivity index (χ2n) is 7.73. The van der Waals surface area contributed by atoms with Gasteiger partial charge in [0, 0.05) is 5.56 Å². The third-order valence-electron chi connectivity index (χ3n) is 5.42. The number of aromatic nitrogens is 4. The zero-order valence-corrected chi connectivity index (χ0v) is 17.4. The molecule has 5 aromatic rings. The molecule has 0 amide bonds. The molecule has 1 N–H and O–H groups in total. The van der Waals surface area contributed by atoms with Gasteiger partial charge in [-0.25, -0.2) is 13.8 Å². The molecule has 170 valence electrons. The molecule has 34 heavy (non-hydrogen) atoms. The molecule has 0 bridgehead atoms. The highest BCUT2D eigenvalue weighted by atomic mass is 19.4. The van der Waals surface area contributed by atoms with Crippen molar-refractivity contribution in [3.63, 3.8) is 0 Å². The number of hydrogen-bond donors (Lipinski definition) is 1. The number of benzene rings is 3. The number of fused-ring (bicyclic) bond motifs is 1. The fourth-order valence-electron chi connectivity index (χ4n) is 3.65. The molecule has 4 nitrogen and oxygen atoms in total. The molecule has 0 aliphatic rings. The van der Waals surface area contributed by atoms with E-state index in [9.17, 15) is 22.0 Å².